The second-order valence-corrected chi connectivity index (χ2v) is 5.64. The first-order chi connectivity index (χ1) is 11.2. The molecule has 0 radical (unpaired) electrons. The molecule has 0 aliphatic heterocycles. The van der Waals surface area contributed by atoms with Gasteiger partial charge in [0.15, 0.2) is 0 Å². The van der Waals surface area contributed by atoms with Crippen LogP contribution >= 0.6 is 0 Å². The van der Waals surface area contributed by atoms with Crippen LogP contribution in [-0.2, 0) is 19.3 Å². The summed E-state index contributed by atoms with van der Waals surface area (Å²) in [6.45, 7) is 2.03. The van der Waals surface area contributed by atoms with Crippen molar-refractivity contribution >= 4 is 0 Å². The summed E-state index contributed by atoms with van der Waals surface area (Å²) in [6.07, 6.45) is -4.41. The van der Waals surface area contributed by atoms with Crippen molar-refractivity contribution in [3.8, 4) is 0 Å². The fourth-order valence-corrected chi connectivity index (χ4v) is 2.42. The lowest BCUT2D eigenvalue weighted by Gasteiger charge is -2.20. The summed E-state index contributed by atoms with van der Waals surface area (Å²) >= 11 is 0. The minimum Gasteiger partial charge on any atom is -0.311 e. The maximum absolute atomic E-state index is 13.0. The van der Waals surface area contributed by atoms with E-state index in [4.69, 9.17) is 0 Å². The van der Waals surface area contributed by atoms with Gasteiger partial charge in [-0.3, -0.25) is 9.36 Å². The maximum Gasteiger partial charge on any atom is 0.416 e. The second-order valence-electron chi connectivity index (χ2n) is 5.64. The predicted molar refractivity (Wildman–Crippen MR) is 83.8 cm³/mol. The van der Waals surface area contributed by atoms with Gasteiger partial charge in [-0.1, -0.05) is 18.2 Å². The molecule has 0 aliphatic rings. The third-order valence-corrected chi connectivity index (χ3v) is 3.62. The number of halogens is 3. The van der Waals surface area contributed by atoms with Crippen molar-refractivity contribution in [1.29, 1.82) is 0 Å². The van der Waals surface area contributed by atoms with Crippen LogP contribution in [0, 0.1) is 6.92 Å². The van der Waals surface area contributed by atoms with Gasteiger partial charge < -0.3 is 9.88 Å². The van der Waals surface area contributed by atoms with Gasteiger partial charge in [0.2, 0.25) is 0 Å². The standard InChI is InChI=1S/C16H18F3N3O2/c1-11-9-14(23)22(15(24)20-11)8-7-21(2)10-12-5-3-4-6-13(12)16(17,18)19/h3-6,9H,7-8,10H2,1-2H3,(H,20,24). The molecule has 0 amide bonds. The molecule has 8 heteroatoms. The normalized spacial score (nSPS) is 11.9. The molecule has 0 unspecified atom stereocenters. The average molecular weight is 341 g/mol. The number of H-pyrrole nitrogens is 1. The highest BCUT2D eigenvalue weighted by atomic mass is 19.4. The Morgan fingerprint density at radius 2 is 1.88 bits per heavy atom. The van der Waals surface area contributed by atoms with Crippen molar-refractivity contribution in [3.63, 3.8) is 0 Å². The minimum absolute atomic E-state index is 0.0637. The van der Waals surface area contributed by atoms with Gasteiger partial charge in [-0.2, -0.15) is 13.2 Å². The number of hydrogen-bond acceptors (Lipinski definition) is 3. The van der Waals surface area contributed by atoms with E-state index in [1.54, 1.807) is 24.9 Å². The molecule has 130 valence electrons. The number of benzene rings is 1. The van der Waals surface area contributed by atoms with E-state index in [0.717, 1.165) is 10.6 Å². The largest absolute Gasteiger partial charge is 0.416 e. The van der Waals surface area contributed by atoms with Crippen LogP contribution in [0.1, 0.15) is 16.8 Å². The number of aryl methyl sites for hydroxylation is 1. The van der Waals surface area contributed by atoms with Crippen molar-refractivity contribution in [2.75, 3.05) is 13.6 Å². The number of alkyl halides is 3. The van der Waals surface area contributed by atoms with Gasteiger partial charge in [0.1, 0.15) is 0 Å². The third-order valence-electron chi connectivity index (χ3n) is 3.62. The topological polar surface area (TPSA) is 58.1 Å². The summed E-state index contributed by atoms with van der Waals surface area (Å²) in [6, 6.07) is 6.66. The Morgan fingerprint density at radius 3 is 2.50 bits per heavy atom. The Bertz CT molecular complexity index is 793. The fourth-order valence-electron chi connectivity index (χ4n) is 2.42. The lowest BCUT2D eigenvalue weighted by atomic mass is 10.1. The molecule has 5 nitrogen and oxygen atoms in total. The van der Waals surface area contributed by atoms with E-state index >= 15 is 0 Å². The second kappa shape index (κ2) is 7.04. The van der Waals surface area contributed by atoms with Crippen molar-refractivity contribution in [2.24, 2.45) is 0 Å². The first kappa shape index (κ1) is 18.0. The van der Waals surface area contributed by atoms with E-state index in [1.807, 2.05) is 0 Å². The van der Waals surface area contributed by atoms with E-state index in [2.05, 4.69) is 4.98 Å². The van der Waals surface area contributed by atoms with Crippen LogP contribution in [0.5, 0.6) is 0 Å². The van der Waals surface area contributed by atoms with Gasteiger partial charge in [0, 0.05) is 31.4 Å². The van der Waals surface area contributed by atoms with Crippen LogP contribution in [-0.4, -0.2) is 28.0 Å². The van der Waals surface area contributed by atoms with E-state index in [1.165, 1.54) is 18.2 Å². The first-order valence-electron chi connectivity index (χ1n) is 7.33. The van der Waals surface area contributed by atoms with Gasteiger partial charge in [-0.05, 0) is 25.6 Å². The Labute approximate surface area is 136 Å². The van der Waals surface area contributed by atoms with Crippen LogP contribution in [0.25, 0.3) is 0 Å². The molecule has 1 heterocycles. The van der Waals surface area contributed by atoms with Gasteiger partial charge in [-0.25, -0.2) is 4.79 Å². The monoisotopic (exact) mass is 341 g/mol. The lowest BCUT2D eigenvalue weighted by molar-refractivity contribution is -0.138. The number of likely N-dealkylation sites (N-methyl/N-ethyl adjacent to an activating group) is 1. The van der Waals surface area contributed by atoms with Crippen LogP contribution in [0.4, 0.5) is 13.2 Å². The molecular formula is C16H18F3N3O2. The third kappa shape index (κ3) is 4.35. The summed E-state index contributed by atoms with van der Waals surface area (Å²) < 4.78 is 40.0. The Morgan fingerprint density at radius 1 is 1.21 bits per heavy atom. The number of hydrogen-bond donors (Lipinski definition) is 1. The molecule has 0 fully saturated rings. The number of aromatic amines is 1. The van der Waals surface area contributed by atoms with E-state index in [0.29, 0.717) is 5.69 Å². The average Bonchev–Trinajstić information content (AvgIpc) is 2.45. The molecule has 1 aromatic carbocycles. The molecule has 1 aromatic heterocycles. The summed E-state index contributed by atoms with van der Waals surface area (Å²) in [4.78, 5) is 27.7. The van der Waals surface area contributed by atoms with E-state index in [9.17, 15) is 22.8 Å². The Balaban J connectivity index is 2.09. The number of nitrogens with zero attached hydrogens (tertiary/aromatic N) is 2. The Hall–Kier alpha value is -2.35. The molecule has 0 saturated carbocycles. The molecule has 0 spiro atoms. The summed E-state index contributed by atoms with van der Waals surface area (Å²) in [5, 5.41) is 0. The highest BCUT2D eigenvalue weighted by molar-refractivity contribution is 5.29. The zero-order chi connectivity index (χ0) is 17.9. The molecule has 1 N–H and O–H groups in total. The van der Waals surface area contributed by atoms with Crippen LogP contribution < -0.4 is 11.2 Å². The highest BCUT2D eigenvalue weighted by Gasteiger charge is 2.32. The summed E-state index contributed by atoms with van der Waals surface area (Å²) in [7, 11) is 1.64. The van der Waals surface area contributed by atoms with Crippen molar-refractivity contribution < 1.29 is 13.2 Å². The van der Waals surface area contributed by atoms with Gasteiger partial charge >= 0.3 is 11.9 Å². The molecule has 0 aliphatic carbocycles. The van der Waals surface area contributed by atoms with Crippen molar-refractivity contribution in [3.05, 3.63) is 68.0 Å². The Kier molecular flexibility index (Phi) is 5.28. The van der Waals surface area contributed by atoms with E-state index < -0.39 is 23.0 Å². The fraction of sp³-hybridized carbons (Fsp3) is 0.375. The zero-order valence-electron chi connectivity index (χ0n) is 13.4. The van der Waals surface area contributed by atoms with E-state index in [-0.39, 0.29) is 25.2 Å². The smallest absolute Gasteiger partial charge is 0.311 e. The minimum atomic E-state index is -4.41. The SMILES string of the molecule is Cc1cc(=O)n(CCN(C)Cc2ccccc2C(F)(F)F)c(=O)[nH]1. The molecule has 0 saturated heterocycles. The number of aromatic nitrogens is 2. The quantitative estimate of drug-likeness (QED) is 0.905. The van der Waals surface area contributed by atoms with Crippen LogP contribution in [0.3, 0.4) is 0 Å². The molecule has 0 bridgehead atoms. The highest BCUT2D eigenvalue weighted by Crippen LogP contribution is 2.32. The molecule has 24 heavy (non-hydrogen) atoms. The summed E-state index contributed by atoms with van der Waals surface area (Å²) in [5.74, 6) is 0. The van der Waals surface area contributed by atoms with Gasteiger partial charge in [0.25, 0.3) is 5.56 Å². The first-order valence-corrected chi connectivity index (χ1v) is 7.33. The molecular weight excluding hydrogens is 323 g/mol. The van der Waals surface area contributed by atoms with Crippen molar-refractivity contribution in [1.82, 2.24) is 14.5 Å². The molecule has 2 rings (SSSR count). The van der Waals surface area contributed by atoms with Crippen LogP contribution in [0.2, 0.25) is 0 Å². The molecule has 2 aromatic rings. The zero-order valence-corrected chi connectivity index (χ0v) is 13.4. The molecule has 0 atom stereocenters. The lowest BCUT2D eigenvalue weighted by Crippen LogP contribution is -2.38. The number of nitrogens with one attached hydrogen (secondary N) is 1. The summed E-state index contributed by atoms with van der Waals surface area (Å²) in [5.41, 5.74) is -1.02. The number of rotatable bonds is 5. The van der Waals surface area contributed by atoms with Gasteiger partial charge in [-0.15, -0.1) is 0 Å². The maximum atomic E-state index is 13.0. The van der Waals surface area contributed by atoms with Crippen molar-refractivity contribution in [2.45, 2.75) is 26.2 Å². The van der Waals surface area contributed by atoms with Crippen LogP contribution in [0.15, 0.2) is 39.9 Å². The predicted octanol–water partition coefficient (Wildman–Crippen LogP) is 2.00. The van der Waals surface area contributed by atoms with Gasteiger partial charge in [0.05, 0.1) is 5.56 Å².